The number of hydrogen-bond donors (Lipinski definition) is 0. The first-order valence-corrected chi connectivity index (χ1v) is 7.96. The second-order valence-corrected chi connectivity index (χ2v) is 6.88. The Bertz CT molecular complexity index is 722. The summed E-state index contributed by atoms with van der Waals surface area (Å²) < 4.78 is 0. The van der Waals surface area contributed by atoms with Gasteiger partial charge in [-0.05, 0) is 129 Å². The van der Waals surface area contributed by atoms with Crippen LogP contribution >= 0.6 is 0 Å². The van der Waals surface area contributed by atoms with E-state index in [1.807, 2.05) is 0 Å². The average molecular weight is 278 g/mol. The predicted octanol–water partition coefficient (Wildman–Crippen LogP) is 5.73. The van der Waals surface area contributed by atoms with Gasteiger partial charge in [0.1, 0.15) is 0 Å². The molecule has 0 unspecified atom stereocenters. The van der Waals surface area contributed by atoms with E-state index in [9.17, 15) is 0 Å². The molecule has 0 atom stereocenters. The molecule has 0 bridgehead atoms. The van der Waals surface area contributed by atoms with Crippen LogP contribution in [0.25, 0.3) is 11.1 Å². The number of hydrogen-bond acceptors (Lipinski definition) is 0. The summed E-state index contributed by atoms with van der Waals surface area (Å²) in [6, 6.07) is 0. The first kappa shape index (κ1) is 14.4. The molecule has 0 heterocycles. The van der Waals surface area contributed by atoms with Gasteiger partial charge in [-0.3, -0.25) is 0 Å². The zero-order valence-electron chi connectivity index (χ0n) is 14.7. The molecule has 0 fully saturated rings. The van der Waals surface area contributed by atoms with Gasteiger partial charge >= 0.3 is 0 Å². The van der Waals surface area contributed by atoms with Crippen LogP contribution in [-0.2, 0) is 6.42 Å². The first-order valence-electron chi connectivity index (χ1n) is 7.96. The fourth-order valence-corrected chi connectivity index (χ4v) is 4.08. The van der Waals surface area contributed by atoms with Crippen LogP contribution in [0.15, 0.2) is 0 Å². The molecule has 0 N–H and O–H groups in total. The lowest BCUT2D eigenvalue weighted by atomic mass is 9.86. The molecule has 0 nitrogen and oxygen atoms in total. The molecule has 0 aromatic heterocycles. The van der Waals surface area contributed by atoms with Gasteiger partial charge in [0, 0.05) is 0 Å². The maximum Gasteiger partial charge on any atom is -0.000778 e. The van der Waals surface area contributed by atoms with Crippen LogP contribution in [0.3, 0.4) is 0 Å². The van der Waals surface area contributed by atoms with Gasteiger partial charge in [-0.25, -0.2) is 0 Å². The van der Waals surface area contributed by atoms with E-state index in [0.717, 1.165) is 6.42 Å². The zero-order chi connectivity index (χ0) is 15.6. The van der Waals surface area contributed by atoms with Gasteiger partial charge in [-0.1, -0.05) is 0 Å². The Morgan fingerprint density at radius 1 is 0.381 bits per heavy atom. The quantitative estimate of drug-likeness (QED) is 0.493. The van der Waals surface area contributed by atoms with E-state index >= 15 is 0 Å². The van der Waals surface area contributed by atoms with Gasteiger partial charge in [0.2, 0.25) is 0 Å². The van der Waals surface area contributed by atoms with Crippen molar-refractivity contribution in [3.05, 3.63) is 55.6 Å². The third kappa shape index (κ3) is 1.68. The van der Waals surface area contributed by atoms with Crippen LogP contribution in [0, 0.1) is 55.4 Å². The molecule has 0 spiro atoms. The maximum absolute atomic E-state index is 2.31. The molecule has 0 saturated heterocycles. The van der Waals surface area contributed by atoms with Crippen molar-refractivity contribution in [2.24, 2.45) is 0 Å². The monoisotopic (exact) mass is 278 g/mol. The number of benzene rings is 2. The van der Waals surface area contributed by atoms with Crippen molar-refractivity contribution in [3.63, 3.8) is 0 Å². The lowest BCUT2D eigenvalue weighted by molar-refractivity contribution is 1.12. The standard InChI is InChI=1S/C21H26/c1-10-12(3)16(7)20-18(14(10)5)9-19-15(6)11(2)13(4)17(8)21(19)20/h9H2,1-8H3. The van der Waals surface area contributed by atoms with Crippen LogP contribution < -0.4 is 0 Å². The van der Waals surface area contributed by atoms with Crippen LogP contribution in [0.1, 0.15) is 55.6 Å². The summed E-state index contributed by atoms with van der Waals surface area (Å²) in [6.07, 6.45) is 1.12. The summed E-state index contributed by atoms with van der Waals surface area (Å²) in [7, 11) is 0. The molecule has 1 aliphatic rings. The minimum Gasteiger partial charge on any atom is -0.0447 e. The zero-order valence-corrected chi connectivity index (χ0v) is 14.7. The Morgan fingerprint density at radius 3 is 1.00 bits per heavy atom. The van der Waals surface area contributed by atoms with Gasteiger partial charge in [0.05, 0.1) is 0 Å². The van der Waals surface area contributed by atoms with Gasteiger partial charge in [-0.2, -0.15) is 0 Å². The highest BCUT2D eigenvalue weighted by Crippen LogP contribution is 2.47. The number of rotatable bonds is 0. The van der Waals surface area contributed by atoms with Crippen LogP contribution in [0.5, 0.6) is 0 Å². The van der Waals surface area contributed by atoms with Crippen molar-refractivity contribution in [3.8, 4) is 11.1 Å². The van der Waals surface area contributed by atoms with E-state index in [0.29, 0.717) is 0 Å². The highest BCUT2D eigenvalue weighted by Gasteiger charge is 2.28. The maximum atomic E-state index is 2.31. The van der Waals surface area contributed by atoms with E-state index in [1.165, 1.54) is 55.6 Å². The Hall–Kier alpha value is -1.56. The second kappa shape index (κ2) is 4.47. The molecule has 0 aliphatic heterocycles. The molecule has 0 amide bonds. The molecule has 21 heavy (non-hydrogen) atoms. The van der Waals surface area contributed by atoms with Gasteiger partial charge in [0.25, 0.3) is 0 Å². The minimum absolute atomic E-state index is 1.12. The van der Waals surface area contributed by atoms with E-state index in [4.69, 9.17) is 0 Å². The van der Waals surface area contributed by atoms with Gasteiger partial charge < -0.3 is 0 Å². The van der Waals surface area contributed by atoms with Crippen LogP contribution in [0.2, 0.25) is 0 Å². The van der Waals surface area contributed by atoms with Crippen molar-refractivity contribution in [1.29, 1.82) is 0 Å². The lowest BCUT2D eigenvalue weighted by Crippen LogP contribution is -1.99. The lowest BCUT2D eigenvalue weighted by Gasteiger charge is -2.19. The third-order valence-electron chi connectivity index (χ3n) is 6.24. The van der Waals surface area contributed by atoms with Crippen LogP contribution in [-0.4, -0.2) is 0 Å². The Balaban J connectivity index is 2.49. The molecule has 110 valence electrons. The molecule has 2 aromatic rings. The second-order valence-electron chi connectivity index (χ2n) is 6.88. The van der Waals surface area contributed by atoms with Gasteiger partial charge in [-0.15, -0.1) is 0 Å². The minimum atomic E-state index is 1.12. The highest BCUT2D eigenvalue weighted by atomic mass is 14.3. The predicted molar refractivity (Wildman–Crippen MR) is 92.6 cm³/mol. The molecule has 0 heteroatoms. The van der Waals surface area contributed by atoms with E-state index < -0.39 is 0 Å². The third-order valence-corrected chi connectivity index (χ3v) is 6.24. The molecule has 3 rings (SSSR count). The van der Waals surface area contributed by atoms with Crippen LogP contribution in [0.4, 0.5) is 0 Å². The summed E-state index contributed by atoms with van der Waals surface area (Å²) in [5, 5.41) is 0. The fraction of sp³-hybridized carbons (Fsp3) is 0.429. The van der Waals surface area contributed by atoms with Gasteiger partial charge in [0.15, 0.2) is 0 Å². The first-order chi connectivity index (χ1) is 9.77. The Morgan fingerprint density at radius 2 is 0.667 bits per heavy atom. The topological polar surface area (TPSA) is 0 Å². The number of fused-ring (bicyclic) bond motifs is 3. The van der Waals surface area contributed by atoms with E-state index in [1.54, 1.807) is 11.1 Å². The molecular formula is C21H26. The molecule has 2 aromatic carbocycles. The largest absolute Gasteiger partial charge is 0.0447 e. The summed E-state index contributed by atoms with van der Waals surface area (Å²) in [5.74, 6) is 0. The Kier molecular flexibility index (Phi) is 3.06. The summed E-state index contributed by atoms with van der Waals surface area (Å²) in [4.78, 5) is 0. The molecular weight excluding hydrogens is 252 g/mol. The van der Waals surface area contributed by atoms with E-state index in [-0.39, 0.29) is 0 Å². The average Bonchev–Trinajstić information content (AvgIpc) is 2.87. The molecule has 1 aliphatic carbocycles. The van der Waals surface area contributed by atoms with Crippen molar-refractivity contribution < 1.29 is 0 Å². The molecule has 0 saturated carbocycles. The summed E-state index contributed by atoms with van der Waals surface area (Å²) in [6.45, 7) is 18.3. The van der Waals surface area contributed by atoms with Crippen molar-refractivity contribution in [1.82, 2.24) is 0 Å². The Labute approximate surface area is 129 Å². The smallest absolute Gasteiger partial charge is 0.000778 e. The molecule has 0 radical (unpaired) electrons. The SMILES string of the molecule is Cc1c(C)c(C)c2c(c1C)Cc1c(C)c(C)c(C)c(C)c1-2. The highest BCUT2D eigenvalue weighted by molar-refractivity contribution is 5.86. The fourth-order valence-electron chi connectivity index (χ4n) is 4.08. The van der Waals surface area contributed by atoms with Crippen molar-refractivity contribution in [2.45, 2.75) is 61.8 Å². The van der Waals surface area contributed by atoms with E-state index in [2.05, 4.69) is 55.4 Å². The summed E-state index contributed by atoms with van der Waals surface area (Å²) >= 11 is 0. The van der Waals surface area contributed by atoms with Crippen molar-refractivity contribution >= 4 is 0 Å². The normalized spacial score (nSPS) is 12.6. The summed E-state index contributed by atoms with van der Waals surface area (Å²) in [5.41, 5.74) is 18.1. The van der Waals surface area contributed by atoms with Crippen molar-refractivity contribution in [2.75, 3.05) is 0 Å².